The van der Waals surface area contributed by atoms with Crippen LogP contribution in [0.5, 0.6) is 0 Å². The van der Waals surface area contributed by atoms with Crippen molar-refractivity contribution in [1.29, 1.82) is 0 Å². The number of hydrogen-bond acceptors (Lipinski definition) is 6. The lowest BCUT2D eigenvalue weighted by atomic mass is 9.93. The van der Waals surface area contributed by atoms with E-state index in [1.807, 2.05) is 0 Å². The fraction of sp³-hybridized carbons (Fsp3) is 0.688. The van der Waals surface area contributed by atoms with Crippen molar-refractivity contribution in [3.05, 3.63) is 10.6 Å². The summed E-state index contributed by atoms with van der Waals surface area (Å²) in [5, 5.41) is 3.68. The molecule has 1 aliphatic heterocycles. The number of nitrogens with one attached hydrogen (secondary N) is 1. The molecule has 0 saturated carbocycles. The number of thiocarbonyl (C=S) groups is 1. The first-order valence-corrected chi connectivity index (χ1v) is 10.6. The summed E-state index contributed by atoms with van der Waals surface area (Å²) in [5.41, 5.74) is 1.18. The lowest BCUT2D eigenvalue weighted by Crippen LogP contribution is -2.46. The summed E-state index contributed by atoms with van der Waals surface area (Å²) in [4.78, 5) is 22.6. The van der Waals surface area contributed by atoms with E-state index in [0.29, 0.717) is 5.75 Å². The summed E-state index contributed by atoms with van der Waals surface area (Å²) in [6, 6.07) is 0. The molecule has 1 unspecified atom stereocenters. The van der Waals surface area contributed by atoms with E-state index in [-0.39, 0.29) is 5.91 Å². The summed E-state index contributed by atoms with van der Waals surface area (Å²) in [6.45, 7) is 6.21. The van der Waals surface area contributed by atoms with E-state index >= 15 is 0 Å². The fourth-order valence-electron chi connectivity index (χ4n) is 2.96. The minimum absolute atomic E-state index is 0.0179. The van der Waals surface area contributed by atoms with Gasteiger partial charge < -0.3 is 15.1 Å². The van der Waals surface area contributed by atoms with E-state index in [0.717, 1.165) is 54.4 Å². The monoisotopic (exact) mass is 384 g/mol. The Hall–Kier alpha value is -0.700. The van der Waals surface area contributed by atoms with Gasteiger partial charge in [0.05, 0.1) is 11.4 Å². The third kappa shape index (κ3) is 4.68. The maximum absolute atomic E-state index is 12.2. The minimum atomic E-state index is -0.0179. The molecule has 1 atom stereocenters. The largest absolute Gasteiger partial charge is 0.355 e. The second kappa shape index (κ2) is 8.12. The van der Waals surface area contributed by atoms with Crippen molar-refractivity contribution in [1.82, 2.24) is 14.8 Å². The van der Waals surface area contributed by atoms with Crippen molar-refractivity contribution in [2.45, 2.75) is 26.2 Å². The van der Waals surface area contributed by atoms with Crippen LogP contribution in [0, 0.1) is 5.92 Å². The molecule has 24 heavy (non-hydrogen) atoms. The van der Waals surface area contributed by atoms with Crippen molar-refractivity contribution in [2.24, 2.45) is 5.92 Å². The number of aryl methyl sites for hydroxylation is 1. The molecule has 8 heteroatoms. The van der Waals surface area contributed by atoms with Gasteiger partial charge in [-0.25, -0.2) is 4.98 Å². The highest BCUT2D eigenvalue weighted by atomic mass is 32.2. The van der Waals surface area contributed by atoms with Crippen LogP contribution in [-0.2, 0) is 17.6 Å². The van der Waals surface area contributed by atoms with Gasteiger partial charge in [0.2, 0.25) is 5.91 Å². The quantitative estimate of drug-likeness (QED) is 0.808. The highest BCUT2D eigenvalue weighted by Crippen LogP contribution is 2.32. The van der Waals surface area contributed by atoms with Crippen LogP contribution in [-0.4, -0.2) is 64.0 Å². The summed E-state index contributed by atoms with van der Waals surface area (Å²) < 4.78 is 0.825. The molecular weight excluding hydrogens is 360 g/mol. The summed E-state index contributed by atoms with van der Waals surface area (Å²) in [5.74, 6) is 1.06. The molecule has 5 nitrogen and oxygen atoms in total. The molecule has 0 spiro atoms. The van der Waals surface area contributed by atoms with Gasteiger partial charge in [0, 0.05) is 31.1 Å². The Labute approximate surface area is 157 Å². The zero-order chi connectivity index (χ0) is 17.1. The third-order valence-corrected chi connectivity index (χ3v) is 7.08. The average molecular weight is 385 g/mol. The van der Waals surface area contributed by atoms with E-state index in [2.05, 4.69) is 34.1 Å². The normalized spacial score (nSPS) is 21.4. The van der Waals surface area contributed by atoms with Gasteiger partial charge in [0.25, 0.3) is 0 Å². The Morgan fingerprint density at radius 1 is 1.42 bits per heavy atom. The lowest BCUT2D eigenvalue weighted by Gasteiger charge is -2.33. The molecule has 1 aliphatic carbocycles. The first-order valence-electron chi connectivity index (χ1n) is 8.40. The zero-order valence-corrected chi connectivity index (χ0v) is 16.7. The van der Waals surface area contributed by atoms with E-state index < -0.39 is 0 Å². The summed E-state index contributed by atoms with van der Waals surface area (Å²) >= 11 is 8.54. The van der Waals surface area contributed by atoms with Crippen LogP contribution in [0.25, 0.3) is 0 Å². The molecule has 0 bridgehead atoms. The van der Waals surface area contributed by atoms with E-state index in [1.54, 1.807) is 11.3 Å². The Kier molecular flexibility index (Phi) is 6.12. The lowest BCUT2D eigenvalue weighted by molar-refractivity contribution is -0.113. The second-order valence-electron chi connectivity index (χ2n) is 6.63. The van der Waals surface area contributed by atoms with Crippen molar-refractivity contribution in [2.75, 3.05) is 44.3 Å². The molecule has 1 fully saturated rings. The molecule has 2 aliphatic rings. The zero-order valence-electron chi connectivity index (χ0n) is 14.2. The van der Waals surface area contributed by atoms with Crippen LogP contribution in [0.3, 0.4) is 0 Å². The molecular formula is C16H24N4OS3. The molecule has 0 aromatic carbocycles. The van der Waals surface area contributed by atoms with Crippen LogP contribution in [0.4, 0.5) is 5.13 Å². The first-order chi connectivity index (χ1) is 11.5. The number of aromatic nitrogens is 1. The minimum Gasteiger partial charge on any atom is -0.355 e. The van der Waals surface area contributed by atoms with Crippen molar-refractivity contribution in [3.8, 4) is 0 Å². The van der Waals surface area contributed by atoms with Crippen LogP contribution in [0.15, 0.2) is 0 Å². The summed E-state index contributed by atoms with van der Waals surface area (Å²) in [7, 11) is 2.12. The van der Waals surface area contributed by atoms with Crippen molar-refractivity contribution < 1.29 is 4.79 Å². The molecule has 1 aromatic rings. The van der Waals surface area contributed by atoms with Crippen LogP contribution >= 0.6 is 35.3 Å². The maximum atomic E-state index is 12.2. The van der Waals surface area contributed by atoms with Crippen LogP contribution in [0.1, 0.15) is 23.9 Å². The fourth-order valence-corrected chi connectivity index (χ4v) is 5.19. The SMILES string of the molecule is CC1CCc2nc(NC(=O)CSC(=S)N3CCN(C)CC3)sc2C1. The molecule has 132 valence electrons. The number of piperazine rings is 1. The van der Waals surface area contributed by atoms with Crippen LogP contribution in [0.2, 0.25) is 0 Å². The molecule has 1 N–H and O–H groups in total. The van der Waals surface area contributed by atoms with Gasteiger partial charge in [-0.15, -0.1) is 11.3 Å². The van der Waals surface area contributed by atoms with E-state index in [1.165, 1.54) is 28.8 Å². The maximum Gasteiger partial charge on any atom is 0.236 e. The predicted octanol–water partition coefficient (Wildman–Crippen LogP) is 2.47. The van der Waals surface area contributed by atoms with Gasteiger partial charge in [-0.2, -0.15) is 0 Å². The number of anilines is 1. The number of rotatable bonds is 3. The highest BCUT2D eigenvalue weighted by Gasteiger charge is 2.21. The molecule has 2 heterocycles. The third-order valence-electron chi connectivity index (χ3n) is 4.52. The van der Waals surface area contributed by atoms with Crippen molar-refractivity contribution in [3.63, 3.8) is 0 Å². The molecule has 1 amide bonds. The highest BCUT2D eigenvalue weighted by molar-refractivity contribution is 8.23. The number of hydrogen-bond donors (Lipinski definition) is 1. The Morgan fingerprint density at radius 3 is 2.92 bits per heavy atom. The van der Waals surface area contributed by atoms with E-state index in [9.17, 15) is 4.79 Å². The number of thiazole rings is 1. The number of fused-ring (bicyclic) bond motifs is 1. The Morgan fingerprint density at radius 2 is 2.17 bits per heavy atom. The molecule has 1 aromatic heterocycles. The topological polar surface area (TPSA) is 48.5 Å². The Balaban J connectivity index is 1.45. The summed E-state index contributed by atoms with van der Waals surface area (Å²) in [6.07, 6.45) is 3.31. The molecule has 3 rings (SSSR count). The standard InChI is InChI=1S/C16H24N4OS3/c1-11-3-4-12-13(9-11)24-15(17-12)18-14(21)10-23-16(22)20-7-5-19(2)6-8-20/h11H,3-10H2,1-2H3,(H,17,18,21). The van der Waals surface area contributed by atoms with Gasteiger partial charge in [-0.1, -0.05) is 30.9 Å². The number of carbonyl (C=O) groups is 1. The average Bonchev–Trinajstić information content (AvgIpc) is 2.94. The van der Waals surface area contributed by atoms with Gasteiger partial charge >= 0.3 is 0 Å². The predicted molar refractivity (Wildman–Crippen MR) is 106 cm³/mol. The van der Waals surface area contributed by atoms with Gasteiger partial charge in [0.1, 0.15) is 4.32 Å². The number of likely N-dealkylation sites (N-methyl/N-ethyl adjacent to an activating group) is 1. The number of carbonyl (C=O) groups excluding carboxylic acids is 1. The van der Waals surface area contributed by atoms with E-state index in [4.69, 9.17) is 12.2 Å². The van der Waals surface area contributed by atoms with Gasteiger partial charge in [-0.05, 0) is 32.2 Å². The first kappa shape index (κ1) is 18.1. The Bertz CT molecular complexity index is 610. The number of amides is 1. The second-order valence-corrected chi connectivity index (χ2v) is 9.32. The number of thioether (sulfide) groups is 1. The molecule has 1 saturated heterocycles. The van der Waals surface area contributed by atoms with Crippen LogP contribution < -0.4 is 5.32 Å². The smallest absolute Gasteiger partial charge is 0.236 e. The number of nitrogens with zero attached hydrogens (tertiary/aromatic N) is 3. The van der Waals surface area contributed by atoms with Gasteiger partial charge in [-0.3, -0.25) is 4.79 Å². The van der Waals surface area contributed by atoms with Gasteiger partial charge in [0.15, 0.2) is 5.13 Å². The van der Waals surface area contributed by atoms with Crippen molar-refractivity contribution >= 4 is 50.7 Å². The molecule has 0 radical (unpaired) electrons.